The number of nitrogens with one attached hydrogen (secondary N) is 1. The predicted molar refractivity (Wildman–Crippen MR) is 107 cm³/mol. The van der Waals surface area contributed by atoms with E-state index in [4.69, 9.17) is 32.7 Å². The number of amides is 1. The number of benzene rings is 2. The van der Waals surface area contributed by atoms with Gasteiger partial charge in [0.05, 0.1) is 41.9 Å². The minimum atomic E-state index is -3.82. The van der Waals surface area contributed by atoms with Crippen molar-refractivity contribution >= 4 is 50.5 Å². The summed E-state index contributed by atoms with van der Waals surface area (Å²) in [6.07, 6.45) is 0.982. The Bertz CT molecular complexity index is 950. The highest BCUT2D eigenvalue weighted by atomic mass is 35.5. The lowest BCUT2D eigenvalue weighted by molar-refractivity contribution is -0.114. The zero-order valence-corrected chi connectivity index (χ0v) is 17.2. The van der Waals surface area contributed by atoms with Gasteiger partial charge in [-0.1, -0.05) is 35.3 Å². The van der Waals surface area contributed by atoms with Gasteiger partial charge < -0.3 is 14.8 Å². The summed E-state index contributed by atoms with van der Waals surface area (Å²) in [7, 11) is -1.06. The molecule has 0 spiro atoms. The molecule has 0 fully saturated rings. The lowest BCUT2D eigenvalue weighted by atomic mass is 10.2. The van der Waals surface area contributed by atoms with Crippen molar-refractivity contribution in [3.63, 3.8) is 0 Å². The van der Waals surface area contributed by atoms with Crippen molar-refractivity contribution in [1.82, 2.24) is 0 Å². The van der Waals surface area contributed by atoms with E-state index >= 15 is 0 Å². The fourth-order valence-electron chi connectivity index (χ4n) is 2.30. The number of halogens is 2. The fourth-order valence-corrected chi connectivity index (χ4v) is 3.57. The van der Waals surface area contributed by atoms with E-state index in [1.54, 1.807) is 24.3 Å². The molecule has 0 aliphatic carbocycles. The molecular formula is C17H18Cl2N2O5S. The normalized spacial score (nSPS) is 11.0. The fraction of sp³-hybridized carbons (Fsp3) is 0.235. The first-order valence-electron chi connectivity index (χ1n) is 7.61. The zero-order chi connectivity index (χ0) is 20.2. The first-order valence-corrected chi connectivity index (χ1v) is 10.2. The van der Waals surface area contributed by atoms with Crippen LogP contribution in [-0.4, -0.2) is 41.3 Å². The van der Waals surface area contributed by atoms with Crippen LogP contribution in [0.15, 0.2) is 36.4 Å². The minimum absolute atomic E-state index is 0.121. The van der Waals surface area contributed by atoms with Gasteiger partial charge in [0.2, 0.25) is 15.9 Å². The highest BCUT2D eigenvalue weighted by Crippen LogP contribution is 2.39. The van der Waals surface area contributed by atoms with E-state index in [9.17, 15) is 13.2 Å². The van der Waals surface area contributed by atoms with Crippen molar-refractivity contribution in [2.75, 3.05) is 36.6 Å². The summed E-state index contributed by atoms with van der Waals surface area (Å²) in [6, 6.07) is 9.44. The predicted octanol–water partition coefficient (Wildman–Crippen LogP) is 3.42. The van der Waals surface area contributed by atoms with Crippen molar-refractivity contribution in [2.45, 2.75) is 0 Å². The van der Waals surface area contributed by atoms with Gasteiger partial charge in [0.15, 0.2) is 0 Å². The molecule has 146 valence electrons. The molecule has 0 unspecified atom stereocenters. The average molecular weight is 433 g/mol. The number of hydrogen-bond acceptors (Lipinski definition) is 5. The second-order valence-electron chi connectivity index (χ2n) is 5.46. The van der Waals surface area contributed by atoms with Crippen molar-refractivity contribution in [3.05, 3.63) is 46.4 Å². The van der Waals surface area contributed by atoms with Gasteiger partial charge in [-0.15, -0.1) is 0 Å². The summed E-state index contributed by atoms with van der Waals surface area (Å²) >= 11 is 12.1. The molecule has 0 aliphatic heterocycles. The van der Waals surface area contributed by atoms with Crippen LogP contribution in [-0.2, 0) is 14.8 Å². The van der Waals surface area contributed by atoms with Crippen LogP contribution in [0.25, 0.3) is 0 Å². The van der Waals surface area contributed by atoms with Crippen LogP contribution in [0.5, 0.6) is 11.5 Å². The second-order valence-corrected chi connectivity index (χ2v) is 8.18. The molecule has 1 amide bonds. The molecule has 0 aliphatic rings. The van der Waals surface area contributed by atoms with Crippen molar-refractivity contribution in [3.8, 4) is 11.5 Å². The maximum Gasteiger partial charge on any atom is 0.245 e. The number of ether oxygens (including phenoxy) is 2. The number of methoxy groups -OCH3 is 2. The summed E-state index contributed by atoms with van der Waals surface area (Å²) in [5.41, 5.74) is 0.494. The minimum Gasteiger partial charge on any atom is -0.495 e. The standard InChI is InChI=1S/C17H18Cl2N2O5S/c1-25-15-9-14(16(26-2)8-12(15)19)21(27(3,23)24)10-17(22)20-13-7-5-4-6-11(13)18/h4-9H,10H2,1-3H3,(H,20,22). The summed E-state index contributed by atoms with van der Waals surface area (Å²) in [5, 5.41) is 3.16. The Balaban J connectivity index is 2.40. The number of sulfonamides is 1. The molecule has 2 aromatic rings. The van der Waals surface area contributed by atoms with Crippen LogP contribution in [0.3, 0.4) is 0 Å². The van der Waals surface area contributed by atoms with E-state index < -0.39 is 22.5 Å². The van der Waals surface area contributed by atoms with Gasteiger partial charge in [-0.3, -0.25) is 9.10 Å². The van der Waals surface area contributed by atoms with Gasteiger partial charge in [-0.2, -0.15) is 0 Å². The second kappa shape index (κ2) is 8.69. The van der Waals surface area contributed by atoms with Gasteiger partial charge in [0.25, 0.3) is 0 Å². The zero-order valence-electron chi connectivity index (χ0n) is 14.8. The highest BCUT2D eigenvalue weighted by Gasteiger charge is 2.26. The molecule has 7 nitrogen and oxygen atoms in total. The van der Waals surface area contributed by atoms with E-state index in [0.29, 0.717) is 10.7 Å². The first kappa shape index (κ1) is 21.1. The molecule has 10 heteroatoms. The quantitative estimate of drug-likeness (QED) is 0.724. The Morgan fingerprint density at radius 3 is 2.26 bits per heavy atom. The highest BCUT2D eigenvalue weighted by molar-refractivity contribution is 7.92. The van der Waals surface area contributed by atoms with Crippen LogP contribution >= 0.6 is 23.2 Å². The van der Waals surface area contributed by atoms with E-state index in [0.717, 1.165) is 10.6 Å². The van der Waals surface area contributed by atoms with E-state index in [1.807, 2.05) is 0 Å². The third-order valence-corrected chi connectivity index (χ3v) is 5.31. The third-order valence-electron chi connectivity index (χ3n) is 3.56. The monoisotopic (exact) mass is 432 g/mol. The lowest BCUT2D eigenvalue weighted by Gasteiger charge is -2.24. The maximum atomic E-state index is 12.4. The molecule has 0 saturated heterocycles. The Morgan fingerprint density at radius 1 is 1.07 bits per heavy atom. The van der Waals surface area contributed by atoms with Crippen LogP contribution in [0.2, 0.25) is 10.0 Å². The van der Waals surface area contributed by atoms with E-state index in [1.165, 1.54) is 26.4 Å². The van der Waals surface area contributed by atoms with E-state index in [-0.39, 0.29) is 22.2 Å². The number of carbonyl (C=O) groups excluding carboxylic acids is 1. The van der Waals surface area contributed by atoms with Gasteiger partial charge in [-0.25, -0.2) is 8.42 Å². The molecule has 0 heterocycles. The number of hydrogen-bond donors (Lipinski definition) is 1. The van der Waals surface area contributed by atoms with Crippen molar-refractivity contribution < 1.29 is 22.7 Å². The third kappa shape index (κ3) is 5.18. The Kier molecular flexibility index (Phi) is 6.80. The van der Waals surface area contributed by atoms with Gasteiger partial charge in [0.1, 0.15) is 18.0 Å². The molecular weight excluding hydrogens is 415 g/mol. The Morgan fingerprint density at radius 2 is 1.70 bits per heavy atom. The Hall–Kier alpha value is -2.16. The molecule has 0 atom stereocenters. The summed E-state index contributed by atoms with van der Waals surface area (Å²) in [4.78, 5) is 12.4. The molecule has 0 bridgehead atoms. The Labute approximate surface area is 167 Å². The number of nitrogens with zero attached hydrogens (tertiary/aromatic N) is 1. The van der Waals surface area contributed by atoms with Gasteiger partial charge in [-0.05, 0) is 12.1 Å². The number of anilines is 2. The molecule has 0 radical (unpaired) electrons. The smallest absolute Gasteiger partial charge is 0.245 e. The molecule has 27 heavy (non-hydrogen) atoms. The summed E-state index contributed by atoms with van der Waals surface area (Å²) in [5.74, 6) is -0.158. The maximum absolute atomic E-state index is 12.4. The largest absolute Gasteiger partial charge is 0.495 e. The van der Waals surface area contributed by atoms with Gasteiger partial charge in [0, 0.05) is 12.1 Å². The van der Waals surface area contributed by atoms with Crippen LogP contribution in [0.1, 0.15) is 0 Å². The molecule has 0 saturated carbocycles. The van der Waals surface area contributed by atoms with Crippen molar-refractivity contribution in [1.29, 1.82) is 0 Å². The summed E-state index contributed by atoms with van der Waals surface area (Å²) < 4.78 is 35.9. The number of rotatable bonds is 7. The SMILES string of the molecule is COc1cc(N(CC(=O)Nc2ccccc2Cl)S(C)(=O)=O)c(OC)cc1Cl. The van der Waals surface area contributed by atoms with Crippen LogP contribution in [0, 0.1) is 0 Å². The number of carbonyl (C=O) groups is 1. The van der Waals surface area contributed by atoms with Crippen molar-refractivity contribution in [2.24, 2.45) is 0 Å². The van der Waals surface area contributed by atoms with E-state index in [2.05, 4.69) is 5.32 Å². The van der Waals surface area contributed by atoms with Crippen LogP contribution < -0.4 is 19.1 Å². The first-order chi connectivity index (χ1) is 12.7. The summed E-state index contributed by atoms with van der Waals surface area (Å²) in [6.45, 7) is -0.495. The molecule has 0 aromatic heterocycles. The lowest BCUT2D eigenvalue weighted by Crippen LogP contribution is -2.37. The molecule has 1 N–H and O–H groups in total. The van der Waals surface area contributed by atoms with Crippen LogP contribution in [0.4, 0.5) is 11.4 Å². The topological polar surface area (TPSA) is 84.9 Å². The average Bonchev–Trinajstić information content (AvgIpc) is 2.60. The molecule has 2 aromatic carbocycles. The van der Waals surface area contributed by atoms with Gasteiger partial charge >= 0.3 is 0 Å². The molecule has 2 rings (SSSR count). The number of para-hydroxylation sites is 1.